The van der Waals surface area contributed by atoms with E-state index in [9.17, 15) is 0 Å². The molecular weight excluding hydrogens is 270 g/mol. The lowest BCUT2D eigenvalue weighted by Gasteiger charge is -2.11. The van der Waals surface area contributed by atoms with Crippen LogP contribution in [-0.4, -0.2) is 6.04 Å². The molecule has 0 saturated heterocycles. The number of benzene rings is 2. The highest BCUT2D eigenvalue weighted by Gasteiger charge is 2.04. The van der Waals surface area contributed by atoms with Crippen LogP contribution in [0, 0.1) is 0 Å². The summed E-state index contributed by atoms with van der Waals surface area (Å²) in [5, 5.41) is 4.02. The molecule has 0 aliphatic rings. The number of hydrogen-bond acceptors (Lipinski definition) is 2. The SMILES string of the molecule is CC(C)NCc1ccc(OCc2ccccc2)c(Cl)c1. The Morgan fingerprint density at radius 3 is 2.45 bits per heavy atom. The van der Waals surface area contributed by atoms with Crippen LogP contribution in [0.5, 0.6) is 5.75 Å². The van der Waals surface area contributed by atoms with Crippen LogP contribution >= 0.6 is 11.6 Å². The molecule has 2 rings (SSSR count). The lowest BCUT2D eigenvalue weighted by Crippen LogP contribution is -2.21. The molecule has 0 unspecified atom stereocenters. The molecule has 0 heterocycles. The Hall–Kier alpha value is -1.51. The maximum Gasteiger partial charge on any atom is 0.138 e. The van der Waals surface area contributed by atoms with E-state index in [1.165, 1.54) is 0 Å². The van der Waals surface area contributed by atoms with Gasteiger partial charge in [-0.15, -0.1) is 0 Å². The van der Waals surface area contributed by atoms with Gasteiger partial charge >= 0.3 is 0 Å². The Labute approximate surface area is 125 Å². The Morgan fingerprint density at radius 2 is 1.80 bits per heavy atom. The first-order valence-electron chi connectivity index (χ1n) is 6.83. The van der Waals surface area contributed by atoms with E-state index >= 15 is 0 Å². The first-order chi connectivity index (χ1) is 9.65. The van der Waals surface area contributed by atoms with Crippen molar-refractivity contribution < 1.29 is 4.74 Å². The van der Waals surface area contributed by atoms with Crippen molar-refractivity contribution in [1.82, 2.24) is 5.32 Å². The minimum Gasteiger partial charge on any atom is -0.487 e. The van der Waals surface area contributed by atoms with Crippen molar-refractivity contribution in [3.05, 3.63) is 64.7 Å². The van der Waals surface area contributed by atoms with Crippen molar-refractivity contribution >= 4 is 11.6 Å². The number of hydrogen-bond donors (Lipinski definition) is 1. The van der Waals surface area contributed by atoms with Gasteiger partial charge in [0.2, 0.25) is 0 Å². The Kier molecular flexibility index (Phi) is 5.45. The maximum absolute atomic E-state index is 6.26. The van der Waals surface area contributed by atoms with Gasteiger partial charge in [0, 0.05) is 12.6 Å². The fourth-order valence-corrected chi connectivity index (χ4v) is 2.09. The van der Waals surface area contributed by atoms with E-state index in [0.29, 0.717) is 17.7 Å². The first kappa shape index (κ1) is 14.9. The topological polar surface area (TPSA) is 21.3 Å². The third-order valence-electron chi connectivity index (χ3n) is 2.95. The highest BCUT2D eigenvalue weighted by atomic mass is 35.5. The van der Waals surface area contributed by atoms with Gasteiger partial charge in [0.15, 0.2) is 0 Å². The molecule has 1 N–H and O–H groups in total. The summed E-state index contributed by atoms with van der Waals surface area (Å²) < 4.78 is 5.75. The standard InChI is InChI=1S/C17H20ClNO/c1-13(2)19-11-15-8-9-17(16(18)10-15)20-12-14-6-4-3-5-7-14/h3-10,13,19H,11-12H2,1-2H3. The maximum atomic E-state index is 6.26. The summed E-state index contributed by atoms with van der Waals surface area (Å²) in [6.07, 6.45) is 0. The van der Waals surface area contributed by atoms with Gasteiger partial charge in [0.25, 0.3) is 0 Å². The minimum atomic E-state index is 0.461. The van der Waals surface area contributed by atoms with Crippen LogP contribution in [0.2, 0.25) is 5.02 Å². The van der Waals surface area contributed by atoms with Crippen molar-refractivity contribution in [2.75, 3.05) is 0 Å². The van der Waals surface area contributed by atoms with Gasteiger partial charge in [0.1, 0.15) is 12.4 Å². The molecule has 2 aromatic carbocycles. The second-order valence-electron chi connectivity index (χ2n) is 5.07. The molecule has 0 atom stereocenters. The molecule has 2 nitrogen and oxygen atoms in total. The Morgan fingerprint density at radius 1 is 1.05 bits per heavy atom. The van der Waals surface area contributed by atoms with E-state index in [-0.39, 0.29) is 0 Å². The lowest BCUT2D eigenvalue weighted by molar-refractivity contribution is 0.306. The summed E-state index contributed by atoms with van der Waals surface area (Å²) in [5.74, 6) is 0.726. The molecule has 0 aromatic heterocycles. The number of nitrogens with one attached hydrogen (secondary N) is 1. The summed E-state index contributed by atoms with van der Waals surface area (Å²) >= 11 is 6.26. The fourth-order valence-electron chi connectivity index (χ4n) is 1.83. The van der Waals surface area contributed by atoms with E-state index in [1.807, 2.05) is 48.5 Å². The van der Waals surface area contributed by atoms with Crippen molar-refractivity contribution in [3.8, 4) is 5.75 Å². The average molecular weight is 290 g/mol. The van der Waals surface area contributed by atoms with Gasteiger partial charge in [-0.1, -0.05) is 61.8 Å². The van der Waals surface area contributed by atoms with E-state index in [1.54, 1.807) is 0 Å². The predicted molar refractivity (Wildman–Crippen MR) is 84.2 cm³/mol. The summed E-state index contributed by atoms with van der Waals surface area (Å²) in [6, 6.07) is 16.5. The van der Waals surface area contributed by atoms with Gasteiger partial charge < -0.3 is 10.1 Å². The summed E-state index contributed by atoms with van der Waals surface area (Å²) in [4.78, 5) is 0. The Balaban J connectivity index is 1.95. The summed E-state index contributed by atoms with van der Waals surface area (Å²) in [7, 11) is 0. The van der Waals surface area contributed by atoms with Crippen LogP contribution in [0.3, 0.4) is 0 Å². The molecule has 106 valence electrons. The van der Waals surface area contributed by atoms with Crippen LogP contribution in [0.1, 0.15) is 25.0 Å². The minimum absolute atomic E-state index is 0.461. The van der Waals surface area contributed by atoms with E-state index in [4.69, 9.17) is 16.3 Å². The zero-order valence-electron chi connectivity index (χ0n) is 11.9. The van der Waals surface area contributed by atoms with Crippen molar-refractivity contribution in [2.45, 2.75) is 33.0 Å². The molecule has 0 radical (unpaired) electrons. The number of ether oxygens (including phenoxy) is 1. The monoisotopic (exact) mass is 289 g/mol. The van der Waals surface area contributed by atoms with Crippen LogP contribution in [-0.2, 0) is 13.2 Å². The van der Waals surface area contributed by atoms with Crippen LogP contribution < -0.4 is 10.1 Å². The molecule has 0 amide bonds. The molecule has 0 spiro atoms. The molecule has 0 aliphatic heterocycles. The summed E-state index contributed by atoms with van der Waals surface area (Å²) in [6.45, 7) is 5.60. The normalized spacial score (nSPS) is 10.8. The fraction of sp³-hybridized carbons (Fsp3) is 0.294. The largest absolute Gasteiger partial charge is 0.487 e. The first-order valence-corrected chi connectivity index (χ1v) is 7.21. The van der Waals surface area contributed by atoms with Gasteiger partial charge in [0.05, 0.1) is 5.02 Å². The van der Waals surface area contributed by atoms with Crippen LogP contribution in [0.25, 0.3) is 0 Å². The predicted octanol–water partition coefficient (Wildman–Crippen LogP) is 4.42. The third kappa shape index (κ3) is 4.55. The van der Waals surface area contributed by atoms with Gasteiger partial charge in [-0.25, -0.2) is 0 Å². The van der Waals surface area contributed by atoms with Gasteiger partial charge in [-0.05, 0) is 23.3 Å². The molecule has 20 heavy (non-hydrogen) atoms. The third-order valence-corrected chi connectivity index (χ3v) is 3.24. The molecule has 0 bridgehead atoms. The number of rotatable bonds is 6. The van der Waals surface area contributed by atoms with Crippen molar-refractivity contribution in [2.24, 2.45) is 0 Å². The highest BCUT2D eigenvalue weighted by Crippen LogP contribution is 2.26. The molecule has 0 aliphatic carbocycles. The second kappa shape index (κ2) is 7.32. The molecule has 3 heteroatoms. The highest BCUT2D eigenvalue weighted by molar-refractivity contribution is 6.32. The van der Waals surface area contributed by atoms with E-state index in [2.05, 4.69) is 19.2 Å². The molecular formula is C17H20ClNO. The smallest absolute Gasteiger partial charge is 0.138 e. The lowest BCUT2D eigenvalue weighted by atomic mass is 10.2. The molecule has 0 fully saturated rings. The second-order valence-corrected chi connectivity index (χ2v) is 5.48. The van der Waals surface area contributed by atoms with Crippen LogP contribution in [0.15, 0.2) is 48.5 Å². The quantitative estimate of drug-likeness (QED) is 0.850. The van der Waals surface area contributed by atoms with E-state index in [0.717, 1.165) is 23.4 Å². The summed E-state index contributed by atoms with van der Waals surface area (Å²) in [5.41, 5.74) is 2.30. The zero-order valence-corrected chi connectivity index (χ0v) is 12.7. The van der Waals surface area contributed by atoms with Crippen LogP contribution in [0.4, 0.5) is 0 Å². The molecule has 2 aromatic rings. The Bertz CT molecular complexity index is 540. The van der Waals surface area contributed by atoms with Gasteiger partial charge in [-0.3, -0.25) is 0 Å². The van der Waals surface area contributed by atoms with Crippen molar-refractivity contribution in [1.29, 1.82) is 0 Å². The van der Waals surface area contributed by atoms with Crippen molar-refractivity contribution in [3.63, 3.8) is 0 Å². The molecule has 0 saturated carbocycles. The van der Waals surface area contributed by atoms with Gasteiger partial charge in [-0.2, -0.15) is 0 Å². The number of halogens is 1. The van der Waals surface area contributed by atoms with E-state index < -0.39 is 0 Å². The zero-order chi connectivity index (χ0) is 14.4. The average Bonchev–Trinajstić information content (AvgIpc) is 2.45.